The zero-order valence-electron chi connectivity index (χ0n) is 9.79. The van der Waals surface area contributed by atoms with Crippen LogP contribution >= 0.6 is 11.3 Å². The summed E-state index contributed by atoms with van der Waals surface area (Å²) in [4.78, 5) is 1.40. The molecule has 0 fully saturated rings. The van der Waals surface area contributed by atoms with Gasteiger partial charge in [0.15, 0.2) is 0 Å². The summed E-state index contributed by atoms with van der Waals surface area (Å²) in [5.74, 6) is 0. The van der Waals surface area contributed by atoms with E-state index in [1.165, 1.54) is 21.6 Å². The van der Waals surface area contributed by atoms with E-state index in [1.54, 1.807) is 0 Å². The van der Waals surface area contributed by atoms with Gasteiger partial charge < -0.3 is 5.32 Å². The Morgan fingerprint density at radius 3 is 2.62 bits per heavy atom. The van der Waals surface area contributed by atoms with E-state index in [1.807, 2.05) is 11.3 Å². The van der Waals surface area contributed by atoms with E-state index in [2.05, 4.69) is 54.9 Å². The molecule has 1 N–H and O–H groups in total. The zero-order chi connectivity index (χ0) is 11.4. The zero-order valence-corrected chi connectivity index (χ0v) is 10.6. The van der Waals surface area contributed by atoms with E-state index in [0.29, 0.717) is 0 Å². The van der Waals surface area contributed by atoms with Crippen molar-refractivity contribution in [3.63, 3.8) is 0 Å². The smallest absolute Gasteiger partial charge is 0.0375 e. The van der Waals surface area contributed by atoms with Crippen molar-refractivity contribution in [1.82, 2.24) is 5.32 Å². The predicted octanol–water partition coefficient (Wildman–Crippen LogP) is 3.83. The molecule has 16 heavy (non-hydrogen) atoms. The fourth-order valence-electron chi connectivity index (χ4n) is 1.76. The van der Waals surface area contributed by atoms with Crippen molar-refractivity contribution in [2.75, 3.05) is 6.54 Å². The molecule has 0 aliphatic rings. The standard InChI is InChI=1S/C14H17NS/c1-3-15-9-13-10-16-14(11(13)2)12-7-5-4-6-8-12/h4-8,10,15H,3,9H2,1-2H3. The molecule has 2 heteroatoms. The van der Waals surface area contributed by atoms with Gasteiger partial charge >= 0.3 is 0 Å². The molecule has 2 rings (SSSR count). The number of benzene rings is 1. The number of rotatable bonds is 4. The molecule has 0 spiro atoms. The molecule has 1 aromatic heterocycles. The van der Waals surface area contributed by atoms with Crippen molar-refractivity contribution in [2.24, 2.45) is 0 Å². The van der Waals surface area contributed by atoms with Crippen LogP contribution in [0.2, 0.25) is 0 Å². The van der Waals surface area contributed by atoms with Crippen LogP contribution in [0.3, 0.4) is 0 Å². The van der Waals surface area contributed by atoms with Gasteiger partial charge in [0.05, 0.1) is 0 Å². The van der Waals surface area contributed by atoms with Gasteiger partial charge in [-0.15, -0.1) is 11.3 Å². The Labute approximate surface area is 101 Å². The summed E-state index contributed by atoms with van der Waals surface area (Å²) in [5, 5.41) is 5.64. The average Bonchev–Trinajstić information content (AvgIpc) is 2.69. The lowest BCUT2D eigenvalue weighted by Gasteiger charge is -2.03. The molecule has 2 aromatic rings. The molecule has 0 atom stereocenters. The van der Waals surface area contributed by atoms with Gasteiger partial charge in [0.2, 0.25) is 0 Å². The Hall–Kier alpha value is -1.12. The molecule has 1 nitrogen and oxygen atoms in total. The third kappa shape index (κ3) is 2.34. The van der Waals surface area contributed by atoms with Crippen LogP contribution in [0.4, 0.5) is 0 Å². The van der Waals surface area contributed by atoms with E-state index >= 15 is 0 Å². The van der Waals surface area contributed by atoms with Crippen LogP contribution in [0.5, 0.6) is 0 Å². The van der Waals surface area contributed by atoms with Crippen molar-refractivity contribution in [2.45, 2.75) is 20.4 Å². The third-order valence-corrected chi connectivity index (χ3v) is 3.92. The lowest BCUT2D eigenvalue weighted by atomic mass is 10.1. The van der Waals surface area contributed by atoms with E-state index in [9.17, 15) is 0 Å². The van der Waals surface area contributed by atoms with E-state index in [-0.39, 0.29) is 0 Å². The second-order valence-corrected chi connectivity index (χ2v) is 4.74. The third-order valence-electron chi connectivity index (χ3n) is 2.74. The molecule has 0 unspecified atom stereocenters. The molecule has 0 aliphatic heterocycles. The summed E-state index contributed by atoms with van der Waals surface area (Å²) in [7, 11) is 0. The highest BCUT2D eigenvalue weighted by atomic mass is 32.1. The molecule has 1 aromatic carbocycles. The average molecular weight is 231 g/mol. The quantitative estimate of drug-likeness (QED) is 0.843. The van der Waals surface area contributed by atoms with Crippen LogP contribution < -0.4 is 5.32 Å². The van der Waals surface area contributed by atoms with Crippen molar-refractivity contribution in [3.05, 3.63) is 46.8 Å². The second-order valence-electron chi connectivity index (χ2n) is 3.86. The van der Waals surface area contributed by atoms with Gasteiger partial charge in [-0.3, -0.25) is 0 Å². The highest BCUT2D eigenvalue weighted by Crippen LogP contribution is 2.31. The minimum absolute atomic E-state index is 0.978. The number of nitrogens with one attached hydrogen (secondary N) is 1. The van der Waals surface area contributed by atoms with Gasteiger partial charge in [0.25, 0.3) is 0 Å². The normalized spacial score (nSPS) is 10.6. The summed E-state index contributed by atoms with van der Waals surface area (Å²) in [6, 6.07) is 10.6. The van der Waals surface area contributed by atoms with Crippen molar-refractivity contribution in [3.8, 4) is 10.4 Å². The molecule has 0 bridgehead atoms. The van der Waals surface area contributed by atoms with Crippen LogP contribution in [-0.2, 0) is 6.54 Å². The first-order chi connectivity index (χ1) is 7.83. The first kappa shape index (κ1) is 11.4. The Bertz CT molecular complexity index is 445. The summed E-state index contributed by atoms with van der Waals surface area (Å²) >= 11 is 1.84. The minimum Gasteiger partial charge on any atom is -0.313 e. The van der Waals surface area contributed by atoms with Crippen molar-refractivity contribution in [1.29, 1.82) is 0 Å². The van der Waals surface area contributed by atoms with Gasteiger partial charge in [-0.2, -0.15) is 0 Å². The minimum atomic E-state index is 0.978. The van der Waals surface area contributed by atoms with Crippen LogP contribution in [0.1, 0.15) is 18.1 Å². The maximum Gasteiger partial charge on any atom is 0.0375 e. The van der Waals surface area contributed by atoms with E-state index < -0.39 is 0 Å². The van der Waals surface area contributed by atoms with Crippen molar-refractivity contribution < 1.29 is 0 Å². The predicted molar refractivity (Wildman–Crippen MR) is 71.9 cm³/mol. The fraction of sp³-hybridized carbons (Fsp3) is 0.286. The highest BCUT2D eigenvalue weighted by molar-refractivity contribution is 7.14. The number of hydrogen-bond acceptors (Lipinski definition) is 2. The fourth-order valence-corrected chi connectivity index (χ4v) is 2.86. The van der Waals surface area contributed by atoms with Crippen LogP contribution in [-0.4, -0.2) is 6.54 Å². The molecule has 1 heterocycles. The molecule has 0 aliphatic carbocycles. The van der Waals surface area contributed by atoms with E-state index in [0.717, 1.165) is 13.1 Å². The van der Waals surface area contributed by atoms with Gasteiger partial charge in [-0.1, -0.05) is 37.3 Å². The lowest BCUT2D eigenvalue weighted by molar-refractivity contribution is 0.726. The van der Waals surface area contributed by atoms with Crippen LogP contribution in [0.25, 0.3) is 10.4 Å². The van der Waals surface area contributed by atoms with Gasteiger partial charge in [0.1, 0.15) is 0 Å². The molecule has 0 saturated heterocycles. The molecular weight excluding hydrogens is 214 g/mol. The van der Waals surface area contributed by atoms with Gasteiger partial charge in [0, 0.05) is 11.4 Å². The first-order valence-corrected chi connectivity index (χ1v) is 6.54. The SMILES string of the molecule is CCNCc1csc(-c2ccccc2)c1C. The van der Waals surface area contributed by atoms with E-state index in [4.69, 9.17) is 0 Å². The lowest BCUT2D eigenvalue weighted by Crippen LogP contribution is -2.11. The molecular formula is C14H17NS. The summed E-state index contributed by atoms with van der Waals surface area (Å²) < 4.78 is 0. The van der Waals surface area contributed by atoms with Crippen LogP contribution in [0, 0.1) is 6.92 Å². The van der Waals surface area contributed by atoms with Gasteiger partial charge in [-0.05, 0) is 35.5 Å². The highest BCUT2D eigenvalue weighted by Gasteiger charge is 2.08. The molecule has 0 radical (unpaired) electrons. The monoisotopic (exact) mass is 231 g/mol. The number of thiophene rings is 1. The largest absolute Gasteiger partial charge is 0.313 e. The van der Waals surface area contributed by atoms with Gasteiger partial charge in [-0.25, -0.2) is 0 Å². The topological polar surface area (TPSA) is 12.0 Å². The summed E-state index contributed by atoms with van der Waals surface area (Å²) in [6.07, 6.45) is 0. The molecule has 0 amide bonds. The maximum absolute atomic E-state index is 3.38. The summed E-state index contributed by atoms with van der Waals surface area (Å²) in [6.45, 7) is 6.35. The Kier molecular flexibility index (Phi) is 3.75. The second kappa shape index (κ2) is 5.28. The first-order valence-electron chi connectivity index (χ1n) is 5.66. The maximum atomic E-state index is 3.38. The molecule has 84 valence electrons. The Balaban J connectivity index is 2.27. The van der Waals surface area contributed by atoms with Crippen molar-refractivity contribution >= 4 is 11.3 Å². The Morgan fingerprint density at radius 1 is 1.19 bits per heavy atom. The van der Waals surface area contributed by atoms with Crippen LogP contribution in [0.15, 0.2) is 35.7 Å². The summed E-state index contributed by atoms with van der Waals surface area (Å²) in [5.41, 5.74) is 4.16. The molecule has 0 saturated carbocycles. The number of hydrogen-bond donors (Lipinski definition) is 1. The Morgan fingerprint density at radius 2 is 1.94 bits per heavy atom.